The Morgan fingerprint density at radius 2 is 2.06 bits per heavy atom. The summed E-state index contributed by atoms with van der Waals surface area (Å²) in [5, 5.41) is 12.7. The number of nitrogens with zero attached hydrogens (tertiary/aromatic N) is 2. The van der Waals surface area contributed by atoms with Crippen LogP contribution >= 0.6 is 22.9 Å². The Bertz CT molecular complexity index is 585. The van der Waals surface area contributed by atoms with Crippen LogP contribution in [0.1, 0.15) is 16.7 Å². The number of Topliss-reactive ketones (excluding diaryl/α,β-unsaturated/α-hetero) is 1. The van der Waals surface area contributed by atoms with Gasteiger partial charge in [-0.15, -0.1) is 0 Å². The topological polar surface area (TPSA) is 58.7 Å². The summed E-state index contributed by atoms with van der Waals surface area (Å²) >= 11 is 6.82. The van der Waals surface area contributed by atoms with Crippen molar-refractivity contribution in [3.05, 3.63) is 39.1 Å². The van der Waals surface area contributed by atoms with Crippen LogP contribution in [0.5, 0.6) is 0 Å². The smallest absolute Gasteiger partial charge is 0.205 e. The third-order valence-corrected chi connectivity index (χ3v) is 3.13. The summed E-state index contributed by atoms with van der Waals surface area (Å²) < 4.78 is 1.41. The summed E-state index contributed by atoms with van der Waals surface area (Å²) in [5.74, 6) is -0.133. The number of ketones is 1. The molecule has 1 aromatic heterocycles. The fourth-order valence-corrected chi connectivity index (χ4v) is 2.00. The molecule has 0 radical (unpaired) electrons. The van der Waals surface area contributed by atoms with E-state index in [1.807, 2.05) is 0 Å². The first kappa shape index (κ1) is 11.0. The SMILES string of the molecule is CC(=O)c1nn(-c2ccc(Cl)cc2)c(=N)s1. The highest BCUT2D eigenvalue weighted by Crippen LogP contribution is 2.12. The quantitative estimate of drug-likeness (QED) is 0.835. The molecular formula is C10H8ClN3OS. The van der Waals surface area contributed by atoms with E-state index in [1.54, 1.807) is 24.3 Å². The standard InChI is InChI=1S/C10H8ClN3OS/c1-6(15)9-13-14(10(12)16-9)8-4-2-7(11)3-5-8/h2-5,12H,1H3. The average Bonchev–Trinajstić information content (AvgIpc) is 2.62. The van der Waals surface area contributed by atoms with E-state index in [-0.39, 0.29) is 10.6 Å². The van der Waals surface area contributed by atoms with Gasteiger partial charge in [0.1, 0.15) is 0 Å². The van der Waals surface area contributed by atoms with Crippen LogP contribution < -0.4 is 4.80 Å². The van der Waals surface area contributed by atoms with Crippen LogP contribution in [-0.2, 0) is 0 Å². The van der Waals surface area contributed by atoms with Crippen molar-refractivity contribution in [3.8, 4) is 5.69 Å². The van der Waals surface area contributed by atoms with Gasteiger partial charge in [0.25, 0.3) is 0 Å². The molecule has 2 aromatic rings. The molecule has 0 atom stereocenters. The van der Waals surface area contributed by atoms with Gasteiger partial charge in [0.2, 0.25) is 4.80 Å². The lowest BCUT2D eigenvalue weighted by Gasteiger charge is -1.99. The van der Waals surface area contributed by atoms with Crippen LogP contribution in [0.15, 0.2) is 24.3 Å². The maximum Gasteiger partial charge on any atom is 0.205 e. The van der Waals surface area contributed by atoms with Gasteiger partial charge in [-0.3, -0.25) is 10.2 Å². The molecule has 0 aliphatic rings. The Labute approximate surface area is 101 Å². The molecule has 1 N–H and O–H groups in total. The minimum absolute atomic E-state index is 0.133. The summed E-state index contributed by atoms with van der Waals surface area (Å²) in [4.78, 5) is 11.3. The van der Waals surface area contributed by atoms with Crippen LogP contribution in [0, 0.1) is 5.41 Å². The molecule has 82 valence electrons. The molecule has 0 spiro atoms. The Morgan fingerprint density at radius 1 is 1.44 bits per heavy atom. The number of hydrogen-bond acceptors (Lipinski definition) is 4. The zero-order valence-electron chi connectivity index (χ0n) is 8.40. The van der Waals surface area contributed by atoms with Crippen LogP contribution in [0.25, 0.3) is 5.69 Å². The molecule has 0 aliphatic heterocycles. The molecule has 4 nitrogen and oxygen atoms in total. The fourth-order valence-electron chi connectivity index (χ4n) is 1.19. The third kappa shape index (κ3) is 2.05. The molecule has 0 bridgehead atoms. The average molecular weight is 254 g/mol. The summed E-state index contributed by atoms with van der Waals surface area (Å²) in [6, 6.07) is 6.94. The van der Waals surface area contributed by atoms with Crippen molar-refractivity contribution in [1.29, 1.82) is 5.41 Å². The van der Waals surface area contributed by atoms with Gasteiger partial charge in [-0.05, 0) is 24.3 Å². The van der Waals surface area contributed by atoms with E-state index < -0.39 is 0 Å². The van der Waals surface area contributed by atoms with Gasteiger partial charge in [-0.25, -0.2) is 4.68 Å². The van der Waals surface area contributed by atoms with E-state index in [0.29, 0.717) is 10.0 Å². The van der Waals surface area contributed by atoms with Gasteiger partial charge in [-0.2, -0.15) is 5.10 Å². The highest BCUT2D eigenvalue weighted by Gasteiger charge is 2.09. The van der Waals surface area contributed by atoms with Gasteiger partial charge in [0, 0.05) is 11.9 Å². The molecule has 1 heterocycles. The van der Waals surface area contributed by atoms with Crippen LogP contribution in [-0.4, -0.2) is 15.6 Å². The highest BCUT2D eigenvalue weighted by atomic mass is 35.5. The minimum Gasteiger partial charge on any atom is -0.292 e. The zero-order valence-corrected chi connectivity index (χ0v) is 9.97. The Kier molecular flexibility index (Phi) is 2.89. The molecule has 0 fully saturated rings. The number of carbonyl (C=O) groups excluding carboxylic acids is 1. The molecule has 0 unspecified atom stereocenters. The van der Waals surface area contributed by atoms with E-state index in [0.717, 1.165) is 17.0 Å². The molecule has 2 rings (SSSR count). The second kappa shape index (κ2) is 4.19. The molecular weight excluding hydrogens is 246 g/mol. The van der Waals surface area contributed by atoms with Gasteiger partial charge < -0.3 is 0 Å². The van der Waals surface area contributed by atoms with Crippen molar-refractivity contribution < 1.29 is 4.79 Å². The van der Waals surface area contributed by atoms with E-state index in [1.165, 1.54) is 11.6 Å². The van der Waals surface area contributed by atoms with E-state index in [4.69, 9.17) is 17.0 Å². The van der Waals surface area contributed by atoms with Crippen molar-refractivity contribution in [1.82, 2.24) is 9.78 Å². The summed E-state index contributed by atoms with van der Waals surface area (Å²) in [7, 11) is 0. The lowest BCUT2D eigenvalue weighted by atomic mass is 10.3. The number of halogens is 1. The second-order valence-electron chi connectivity index (χ2n) is 3.16. The van der Waals surface area contributed by atoms with E-state index >= 15 is 0 Å². The molecule has 16 heavy (non-hydrogen) atoms. The molecule has 0 amide bonds. The van der Waals surface area contributed by atoms with Crippen molar-refractivity contribution in [2.45, 2.75) is 6.92 Å². The maximum absolute atomic E-state index is 11.1. The zero-order chi connectivity index (χ0) is 11.7. The molecule has 0 aliphatic carbocycles. The van der Waals surface area contributed by atoms with Crippen molar-refractivity contribution >= 4 is 28.7 Å². The third-order valence-electron chi connectivity index (χ3n) is 1.95. The highest BCUT2D eigenvalue weighted by molar-refractivity contribution is 7.10. The van der Waals surface area contributed by atoms with Gasteiger partial charge in [0.15, 0.2) is 10.8 Å². The summed E-state index contributed by atoms with van der Waals surface area (Å²) in [5.41, 5.74) is 0.721. The number of nitrogens with one attached hydrogen (secondary N) is 1. The monoisotopic (exact) mass is 253 g/mol. The Balaban J connectivity index is 2.52. The van der Waals surface area contributed by atoms with Crippen LogP contribution in [0.3, 0.4) is 0 Å². The number of hydrogen-bond donors (Lipinski definition) is 1. The number of rotatable bonds is 2. The molecule has 0 saturated heterocycles. The number of benzene rings is 1. The van der Waals surface area contributed by atoms with Gasteiger partial charge in [-0.1, -0.05) is 22.9 Å². The molecule has 1 aromatic carbocycles. The minimum atomic E-state index is -0.133. The second-order valence-corrected chi connectivity index (χ2v) is 4.57. The van der Waals surface area contributed by atoms with Crippen molar-refractivity contribution in [2.75, 3.05) is 0 Å². The molecule has 0 saturated carbocycles. The first-order valence-corrected chi connectivity index (χ1v) is 5.69. The van der Waals surface area contributed by atoms with Crippen molar-refractivity contribution in [2.24, 2.45) is 0 Å². The predicted molar refractivity (Wildman–Crippen MR) is 62.3 cm³/mol. The molecule has 6 heteroatoms. The van der Waals surface area contributed by atoms with Gasteiger partial charge in [0.05, 0.1) is 5.69 Å². The van der Waals surface area contributed by atoms with Crippen LogP contribution in [0.4, 0.5) is 0 Å². The number of carbonyl (C=O) groups is 1. The first-order valence-electron chi connectivity index (χ1n) is 4.49. The van der Waals surface area contributed by atoms with Crippen LogP contribution in [0.2, 0.25) is 5.02 Å². The fraction of sp³-hybridized carbons (Fsp3) is 0.100. The van der Waals surface area contributed by atoms with Gasteiger partial charge >= 0.3 is 0 Å². The largest absolute Gasteiger partial charge is 0.292 e. The Morgan fingerprint density at radius 3 is 2.56 bits per heavy atom. The first-order chi connectivity index (χ1) is 7.58. The van der Waals surface area contributed by atoms with E-state index in [2.05, 4.69) is 5.10 Å². The summed E-state index contributed by atoms with van der Waals surface area (Å²) in [6.45, 7) is 1.43. The lowest BCUT2D eigenvalue weighted by Crippen LogP contribution is -2.12. The normalized spacial score (nSPS) is 10.4. The van der Waals surface area contributed by atoms with Crippen molar-refractivity contribution in [3.63, 3.8) is 0 Å². The van der Waals surface area contributed by atoms with E-state index in [9.17, 15) is 4.79 Å². The lowest BCUT2D eigenvalue weighted by molar-refractivity contribution is 0.101. The number of aromatic nitrogens is 2. The predicted octanol–water partition coefficient (Wildman–Crippen LogP) is 2.27. The Hall–Kier alpha value is -1.46. The summed E-state index contributed by atoms with van der Waals surface area (Å²) in [6.07, 6.45) is 0. The maximum atomic E-state index is 11.1.